The molecule has 0 saturated heterocycles. The van der Waals surface area contributed by atoms with E-state index in [0.29, 0.717) is 23.4 Å². The molecule has 2 aromatic carbocycles. The van der Waals surface area contributed by atoms with Gasteiger partial charge < -0.3 is 9.84 Å². The van der Waals surface area contributed by atoms with Crippen LogP contribution in [0.1, 0.15) is 11.3 Å². The number of benzene rings is 2. The maximum atomic E-state index is 13.2. The zero-order chi connectivity index (χ0) is 27.7. The summed E-state index contributed by atoms with van der Waals surface area (Å²) in [5.41, 5.74) is -5.54. The number of sulfone groups is 1. The molecule has 0 aliphatic rings. The first-order valence-electron chi connectivity index (χ1n) is 10.8. The Morgan fingerprint density at radius 3 is 2.37 bits per heavy atom. The van der Waals surface area contributed by atoms with Crippen molar-refractivity contribution >= 4 is 21.6 Å². The van der Waals surface area contributed by atoms with Crippen molar-refractivity contribution in [1.82, 2.24) is 14.1 Å². The first kappa shape index (κ1) is 26.5. The highest BCUT2D eigenvalue weighted by Gasteiger charge is 2.46. The number of hydrogen-bond donors (Lipinski definition) is 2. The molecule has 4 aromatic rings. The average molecular weight is 548 g/mol. The van der Waals surface area contributed by atoms with Gasteiger partial charge in [0.2, 0.25) is 5.88 Å². The van der Waals surface area contributed by atoms with E-state index in [1.807, 2.05) is 0 Å². The summed E-state index contributed by atoms with van der Waals surface area (Å²) in [5, 5.41) is 13.2. The highest BCUT2D eigenvalue weighted by molar-refractivity contribution is 7.92. The lowest BCUT2D eigenvalue weighted by atomic mass is 10.2. The van der Waals surface area contributed by atoms with Crippen molar-refractivity contribution in [3.05, 3.63) is 94.8 Å². The van der Waals surface area contributed by atoms with E-state index in [1.54, 1.807) is 30.3 Å². The molecular formula is C24H19F3N4O6S. The van der Waals surface area contributed by atoms with Crippen molar-refractivity contribution < 1.29 is 36.2 Å². The lowest BCUT2D eigenvalue weighted by molar-refractivity contribution is -0.0436. The number of imidazole rings is 1. The van der Waals surface area contributed by atoms with E-state index in [0.717, 1.165) is 16.7 Å². The quantitative estimate of drug-likeness (QED) is 0.372. The number of anilines is 1. The molecular weight excluding hydrogens is 529 g/mol. The Labute approximate surface area is 213 Å². The number of nitrogens with zero attached hydrogens (tertiary/aromatic N) is 3. The number of hydrogen-bond acceptors (Lipinski definition) is 7. The van der Waals surface area contributed by atoms with Crippen LogP contribution in [0.25, 0.3) is 5.69 Å². The number of aromatic hydroxyl groups is 1. The molecule has 2 heterocycles. The first-order valence-corrected chi connectivity index (χ1v) is 12.3. The number of halogens is 3. The van der Waals surface area contributed by atoms with Crippen molar-refractivity contribution in [2.75, 3.05) is 5.32 Å². The van der Waals surface area contributed by atoms with E-state index in [-0.39, 0.29) is 23.6 Å². The summed E-state index contributed by atoms with van der Waals surface area (Å²) < 4.78 is 68.9. The van der Waals surface area contributed by atoms with Crippen molar-refractivity contribution in [3.63, 3.8) is 0 Å². The molecule has 0 aliphatic heterocycles. The van der Waals surface area contributed by atoms with E-state index >= 15 is 0 Å². The zero-order valence-electron chi connectivity index (χ0n) is 19.5. The summed E-state index contributed by atoms with van der Waals surface area (Å²) in [6.07, 6.45) is 1.97. The molecule has 0 spiro atoms. The number of aromatic nitrogens is 3. The van der Waals surface area contributed by atoms with Crippen LogP contribution in [0.2, 0.25) is 0 Å². The fourth-order valence-electron chi connectivity index (χ4n) is 3.54. The second-order valence-electron chi connectivity index (χ2n) is 7.92. The Balaban J connectivity index is 1.62. The molecule has 0 radical (unpaired) electrons. The van der Waals surface area contributed by atoms with Crippen LogP contribution >= 0.6 is 0 Å². The SMILES string of the molecule is Cc1c(O)n(-c2ccc(S(=O)(=O)C(F)(F)F)cc2)c(=O)n1Cc1ccncc1NC(=O)Oc1ccccc1. The third-order valence-corrected chi connectivity index (χ3v) is 7.00. The summed E-state index contributed by atoms with van der Waals surface area (Å²) in [6.45, 7) is 1.31. The van der Waals surface area contributed by atoms with Crippen LogP contribution in [0.4, 0.5) is 23.7 Å². The molecule has 0 bridgehead atoms. The highest BCUT2D eigenvalue weighted by atomic mass is 32.2. The molecule has 14 heteroatoms. The van der Waals surface area contributed by atoms with Crippen LogP contribution in [0.3, 0.4) is 0 Å². The largest absolute Gasteiger partial charge is 0.501 e. The normalized spacial score (nSPS) is 11.8. The van der Waals surface area contributed by atoms with Gasteiger partial charge in [0, 0.05) is 6.20 Å². The first-order chi connectivity index (χ1) is 17.9. The predicted molar refractivity (Wildman–Crippen MR) is 129 cm³/mol. The lowest BCUT2D eigenvalue weighted by Gasteiger charge is -2.12. The second kappa shape index (κ2) is 10.0. The minimum atomic E-state index is -5.58. The zero-order valence-corrected chi connectivity index (χ0v) is 20.3. The van der Waals surface area contributed by atoms with Gasteiger partial charge in [0.05, 0.1) is 34.7 Å². The summed E-state index contributed by atoms with van der Waals surface area (Å²) in [4.78, 5) is 28.5. The topological polar surface area (TPSA) is 133 Å². The fourth-order valence-corrected chi connectivity index (χ4v) is 4.30. The van der Waals surface area contributed by atoms with Crippen LogP contribution in [-0.4, -0.2) is 39.2 Å². The minimum Gasteiger partial charge on any atom is -0.493 e. The molecule has 0 atom stereocenters. The smallest absolute Gasteiger partial charge is 0.493 e. The number of alkyl halides is 3. The van der Waals surface area contributed by atoms with Crippen molar-refractivity contribution in [2.45, 2.75) is 23.9 Å². The van der Waals surface area contributed by atoms with Gasteiger partial charge in [-0.2, -0.15) is 13.2 Å². The van der Waals surface area contributed by atoms with Gasteiger partial charge in [0.15, 0.2) is 0 Å². The van der Waals surface area contributed by atoms with Crippen LogP contribution in [0.15, 0.2) is 82.7 Å². The van der Waals surface area contributed by atoms with Crippen LogP contribution in [-0.2, 0) is 16.4 Å². The predicted octanol–water partition coefficient (Wildman–Crippen LogP) is 4.00. The maximum Gasteiger partial charge on any atom is 0.501 e. The average Bonchev–Trinajstić information content (AvgIpc) is 3.08. The molecule has 4 rings (SSSR count). The second-order valence-corrected chi connectivity index (χ2v) is 9.86. The molecule has 1 amide bonds. The van der Waals surface area contributed by atoms with Crippen LogP contribution < -0.4 is 15.7 Å². The Morgan fingerprint density at radius 1 is 1.08 bits per heavy atom. The monoisotopic (exact) mass is 548 g/mol. The number of ether oxygens (including phenoxy) is 1. The molecule has 0 unspecified atom stereocenters. The molecule has 198 valence electrons. The van der Waals surface area contributed by atoms with Gasteiger partial charge in [-0.05, 0) is 55.0 Å². The third-order valence-electron chi connectivity index (χ3n) is 5.50. The van der Waals surface area contributed by atoms with Crippen LogP contribution in [0, 0.1) is 6.92 Å². The summed E-state index contributed by atoms with van der Waals surface area (Å²) in [7, 11) is -5.58. The number of rotatable bonds is 6. The number of para-hydroxylation sites is 1. The van der Waals surface area contributed by atoms with Crippen molar-refractivity contribution in [3.8, 4) is 17.3 Å². The van der Waals surface area contributed by atoms with Gasteiger partial charge in [0.25, 0.3) is 9.84 Å². The number of amides is 1. The van der Waals surface area contributed by atoms with Gasteiger partial charge in [-0.25, -0.2) is 22.6 Å². The molecule has 0 saturated carbocycles. The van der Waals surface area contributed by atoms with Gasteiger partial charge in [0.1, 0.15) is 5.75 Å². The maximum absolute atomic E-state index is 13.2. The Bertz CT molecular complexity index is 1650. The van der Waals surface area contributed by atoms with Crippen LogP contribution in [0.5, 0.6) is 11.6 Å². The molecule has 0 fully saturated rings. The van der Waals surface area contributed by atoms with Crippen molar-refractivity contribution in [2.24, 2.45) is 0 Å². The fraction of sp³-hybridized carbons (Fsp3) is 0.125. The number of carbonyl (C=O) groups excluding carboxylic acids is 1. The summed E-state index contributed by atoms with van der Waals surface area (Å²) in [6, 6.07) is 13.2. The number of nitrogens with one attached hydrogen (secondary N) is 1. The molecule has 10 nitrogen and oxygen atoms in total. The van der Waals surface area contributed by atoms with E-state index in [2.05, 4.69) is 10.3 Å². The minimum absolute atomic E-state index is 0.0602. The standard InChI is InChI=1S/C24H19F3N4O6S/c1-15-21(32)31(17-7-9-19(10-8-17)38(35,36)24(25,26)27)23(34)30(15)14-16-11-12-28-13-20(16)29-22(33)37-18-5-3-2-4-6-18/h2-13,32H,14H2,1H3,(H,29,33). The molecule has 2 N–H and O–H groups in total. The number of pyridine rings is 1. The van der Waals surface area contributed by atoms with E-state index in [1.165, 1.54) is 30.0 Å². The summed E-state index contributed by atoms with van der Waals surface area (Å²) >= 11 is 0. The number of carbonyl (C=O) groups is 1. The highest BCUT2D eigenvalue weighted by Crippen LogP contribution is 2.31. The van der Waals surface area contributed by atoms with Gasteiger partial charge in [-0.15, -0.1) is 0 Å². The Kier molecular flexibility index (Phi) is 7.00. The van der Waals surface area contributed by atoms with E-state index in [4.69, 9.17) is 4.74 Å². The lowest BCUT2D eigenvalue weighted by Crippen LogP contribution is -2.25. The van der Waals surface area contributed by atoms with Gasteiger partial charge >= 0.3 is 17.3 Å². The Hall–Kier alpha value is -4.59. The van der Waals surface area contributed by atoms with E-state index in [9.17, 15) is 36.3 Å². The van der Waals surface area contributed by atoms with Gasteiger partial charge in [-0.1, -0.05) is 18.2 Å². The summed E-state index contributed by atoms with van der Waals surface area (Å²) in [5.74, 6) is -0.202. The molecule has 0 aliphatic carbocycles. The third kappa shape index (κ3) is 5.11. The molecule has 2 aromatic heterocycles. The van der Waals surface area contributed by atoms with Crippen molar-refractivity contribution in [1.29, 1.82) is 0 Å². The van der Waals surface area contributed by atoms with Gasteiger partial charge in [-0.3, -0.25) is 14.9 Å². The van der Waals surface area contributed by atoms with E-state index < -0.39 is 37.9 Å². The molecule has 38 heavy (non-hydrogen) atoms. The Morgan fingerprint density at radius 2 is 1.74 bits per heavy atom.